The number of fused-ring (bicyclic) bond motifs is 1. The molecule has 0 unspecified atom stereocenters. The number of benzene rings is 3. The molecule has 0 fully saturated rings. The Kier molecular flexibility index (Phi) is 7.20. The fourth-order valence-corrected chi connectivity index (χ4v) is 5.15. The van der Waals surface area contributed by atoms with Crippen molar-refractivity contribution in [1.82, 2.24) is 9.88 Å². The Morgan fingerprint density at radius 2 is 1.50 bits per heavy atom. The van der Waals surface area contributed by atoms with Gasteiger partial charge in [0.1, 0.15) is 0 Å². The maximum atomic E-state index is 13.6. The fourth-order valence-electron chi connectivity index (χ4n) is 3.98. The highest BCUT2D eigenvalue weighted by atomic mass is 32.1. The number of rotatable bonds is 8. The molecule has 0 radical (unpaired) electrons. The van der Waals surface area contributed by atoms with Gasteiger partial charge in [0.25, 0.3) is 5.91 Å². The second-order valence-corrected chi connectivity index (χ2v) is 9.82. The zero-order chi connectivity index (χ0) is 24.2. The Morgan fingerprint density at radius 1 is 0.853 bits per heavy atom. The third-order valence-electron chi connectivity index (χ3n) is 5.71. The van der Waals surface area contributed by atoms with Crippen LogP contribution in [0, 0.1) is 13.8 Å². The van der Waals surface area contributed by atoms with Crippen LogP contribution in [-0.2, 0) is 0 Å². The summed E-state index contributed by atoms with van der Waals surface area (Å²) in [7, 11) is 4.05. The van der Waals surface area contributed by atoms with Crippen LogP contribution in [-0.4, -0.2) is 48.8 Å². The molecule has 1 aromatic heterocycles. The van der Waals surface area contributed by atoms with E-state index in [-0.39, 0.29) is 11.7 Å². The van der Waals surface area contributed by atoms with Gasteiger partial charge >= 0.3 is 0 Å². The number of hydrogen-bond acceptors (Lipinski definition) is 5. The summed E-state index contributed by atoms with van der Waals surface area (Å²) in [6.45, 7) is 5.57. The number of hydrogen-bond donors (Lipinski definition) is 0. The van der Waals surface area contributed by atoms with E-state index in [4.69, 9.17) is 4.98 Å². The normalized spacial score (nSPS) is 11.2. The van der Waals surface area contributed by atoms with E-state index in [2.05, 4.69) is 30.9 Å². The zero-order valence-corrected chi connectivity index (χ0v) is 20.9. The second-order valence-electron chi connectivity index (χ2n) is 8.81. The summed E-state index contributed by atoms with van der Waals surface area (Å²) in [5.74, 6) is -0.162. The number of aromatic nitrogens is 1. The molecule has 3 aromatic carbocycles. The molecule has 0 N–H and O–H groups in total. The maximum absolute atomic E-state index is 13.6. The molecule has 5 nitrogen and oxygen atoms in total. The third kappa shape index (κ3) is 5.24. The molecular formula is C28H29N3O2S. The molecule has 0 spiro atoms. The van der Waals surface area contributed by atoms with Crippen LogP contribution < -0.4 is 4.90 Å². The lowest BCUT2D eigenvalue weighted by Gasteiger charge is -2.21. The number of carbonyl (C=O) groups excluding carboxylic acids is 2. The van der Waals surface area contributed by atoms with Crippen LogP contribution in [0.4, 0.5) is 5.13 Å². The smallest absolute Gasteiger partial charge is 0.260 e. The molecule has 174 valence electrons. The first-order valence-corrected chi connectivity index (χ1v) is 12.2. The number of aryl methyl sites for hydroxylation is 2. The van der Waals surface area contributed by atoms with Crippen molar-refractivity contribution in [1.29, 1.82) is 0 Å². The minimum atomic E-state index is -0.106. The molecule has 0 aliphatic carbocycles. The van der Waals surface area contributed by atoms with Crippen molar-refractivity contribution in [2.45, 2.75) is 20.3 Å². The standard InChI is InChI=1S/C28H29N3O2S/c1-19-17-20(2)25-24(18-19)34-28(29-25)31(16-8-15-30(3)4)27(33)23-13-11-22(12-14-23)26(32)21-9-6-5-7-10-21/h5-7,9-14,17-18H,8,15-16H2,1-4H3. The molecule has 4 aromatic rings. The van der Waals surface area contributed by atoms with E-state index in [0.29, 0.717) is 28.4 Å². The summed E-state index contributed by atoms with van der Waals surface area (Å²) in [6.07, 6.45) is 0.831. The van der Waals surface area contributed by atoms with Gasteiger partial charge in [-0.3, -0.25) is 14.5 Å². The topological polar surface area (TPSA) is 53.5 Å². The van der Waals surface area contributed by atoms with Crippen LogP contribution >= 0.6 is 11.3 Å². The van der Waals surface area contributed by atoms with E-state index >= 15 is 0 Å². The van der Waals surface area contributed by atoms with E-state index in [9.17, 15) is 9.59 Å². The van der Waals surface area contributed by atoms with E-state index in [0.717, 1.165) is 28.7 Å². The average Bonchev–Trinajstić information content (AvgIpc) is 3.25. The van der Waals surface area contributed by atoms with Gasteiger partial charge in [-0.2, -0.15) is 0 Å². The average molecular weight is 472 g/mol. The van der Waals surface area contributed by atoms with Gasteiger partial charge in [0.2, 0.25) is 0 Å². The molecule has 1 amide bonds. The van der Waals surface area contributed by atoms with E-state index in [1.807, 2.05) is 32.3 Å². The van der Waals surface area contributed by atoms with Gasteiger partial charge in [0, 0.05) is 23.2 Å². The number of nitrogens with zero attached hydrogens (tertiary/aromatic N) is 3. The minimum absolute atomic E-state index is 0.0561. The third-order valence-corrected chi connectivity index (χ3v) is 6.74. The summed E-state index contributed by atoms with van der Waals surface area (Å²) in [5.41, 5.74) is 4.98. The van der Waals surface area contributed by atoms with Crippen molar-refractivity contribution >= 4 is 38.4 Å². The predicted octanol–water partition coefficient (Wildman–Crippen LogP) is 5.74. The Balaban J connectivity index is 1.63. The van der Waals surface area contributed by atoms with Crippen molar-refractivity contribution in [3.63, 3.8) is 0 Å². The SMILES string of the molecule is Cc1cc(C)c2nc(N(CCCN(C)C)C(=O)c3ccc(C(=O)c4ccccc4)cc3)sc2c1. The van der Waals surface area contributed by atoms with E-state index in [1.165, 1.54) is 5.56 Å². The highest BCUT2D eigenvalue weighted by Gasteiger charge is 2.22. The van der Waals surface area contributed by atoms with Crippen molar-refractivity contribution < 1.29 is 9.59 Å². The summed E-state index contributed by atoms with van der Waals surface area (Å²) < 4.78 is 1.08. The van der Waals surface area contributed by atoms with Gasteiger partial charge in [-0.25, -0.2) is 4.98 Å². The monoisotopic (exact) mass is 471 g/mol. The van der Waals surface area contributed by atoms with E-state index in [1.54, 1.807) is 52.6 Å². The van der Waals surface area contributed by atoms with Crippen molar-refractivity contribution in [2.24, 2.45) is 0 Å². The van der Waals surface area contributed by atoms with Gasteiger partial charge in [0.15, 0.2) is 10.9 Å². The second kappa shape index (κ2) is 10.3. The molecule has 1 heterocycles. The lowest BCUT2D eigenvalue weighted by Crippen LogP contribution is -2.33. The number of thiazole rings is 1. The Bertz CT molecular complexity index is 1310. The molecular weight excluding hydrogens is 442 g/mol. The number of anilines is 1. The summed E-state index contributed by atoms with van der Waals surface area (Å²) in [5, 5.41) is 0.705. The summed E-state index contributed by atoms with van der Waals surface area (Å²) in [4.78, 5) is 35.1. The Morgan fingerprint density at radius 3 is 2.18 bits per heavy atom. The molecule has 0 saturated heterocycles. The minimum Gasteiger partial charge on any atom is -0.309 e. The van der Waals surface area contributed by atoms with Crippen LogP contribution in [0.5, 0.6) is 0 Å². The number of carbonyl (C=O) groups is 2. The lowest BCUT2D eigenvalue weighted by atomic mass is 10.0. The molecule has 0 atom stereocenters. The van der Waals surface area contributed by atoms with Crippen LogP contribution in [0.3, 0.4) is 0 Å². The molecule has 34 heavy (non-hydrogen) atoms. The first kappa shape index (κ1) is 23.8. The van der Waals surface area contributed by atoms with Gasteiger partial charge in [-0.1, -0.05) is 59.9 Å². The lowest BCUT2D eigenvalue weighted by molar-refractivity contribution is 0.0983. The Hall–Kier alpha value is -3.35. The number of amides is 1. The number of ketones is 1. The molecule has 0 saturated carbocycles. The summed E-state index contributed by atoms with van der Waals surface area (Å²) in [6, 6.07) is 20.3. The van der Waals surface area contributed by atoms with Gasteiger partial charge in [-0.15, -0.1) is 0 Å². The van der Waals surface area contributed by atoms with Gasteiger partial charge in [0.05, 0.1) is 10.2 Å². The van der Waals surface area contributed by atoms with Gasteiger partial charge in [-0.05, 0) is 70.2 Å². The largest absolute Gasteiger partial charge is 0.309 e. The first-order valence-electron chi connectivity index (χ1n) is 11.4. The van der Waals surface area contributed by atoms with Gasteiger partial charge < -0.3 is 4.90 Å². The molecule has 4 rings (SSSR count). The zero-order valence-electron chi connectivity index (χ0n) is 20.0. The fraction of sp³-hybridized carbons (Fsp3) is 0.250. The van der Waals surface area contributed by atoms with Crippen LogP contribution in [0.1, 0.15) is 43.8 Å². The van der Waals surface area contributed by atoms with Crippen LogP contribution in [0.2, 0.25) is 0 Å². The maximum Gasteiger partial charge on any atom is 0.260 e. The molecule has 0 aliphatic heterocycles. The van der Waals surface area contributed by atoms with Crippen molar-refractivity contribution in [2.75, 3.05) is 32.1 Å². The highest BCUT2D eigenvalue weighted by Crippen LogP contribution is 2.32. The molecule has 0 aliphatic rings. The van der Waals surface area contributed by atoms with Crippen molar-refractivity contribution in [3.8, 4) is 0 Å². The molecule has 0 bridgehead atoms. The highest BCUT2D eigenvalue weighted by molar-refractivity contribution is 7.22. The molecule has 6 heteroatoms. The van der Waals surface area contributed by atoms with Crippen LogP contribution in [0.25, 0.3) is 10.2 Å². The first-order chi connectivity index (χ1) is 16.3. The predicted molar refractivity (Wildman–Crippen MR) is 140 cm³/mol. The van der Waals surface area contributed by atoms with Crippen LogP contribution in [0.15, 0.2) is 66.7 Å². The van der Waals surface area contributed by atoms with E-state index < -0.39 is 0 Å². The van der Waals surface area contributed by atoms with Crippen molar-refractivity contribution in [3.05, 3.63) is 94.5 Å². The summed E-state index contributed by atoms with van der Waals surface area (Å²) >= 11 is 1.55. The quantitative estimate of drug-likeness (QED) is 0.307. The Labute approximate surface area is 204 Å².